The summed E-state index contributed by atoms with van der Waals surface area (Å²) in [5, 5.41) is 10.8. The zero-order chi connectivity index (χ0) is 16.8. The van der Waals surface area contributed by atoms with Gasteiger partial charge in [-0.25, -0.2) is 4.39 Å². The van der Waals surface area contributed by atoms with Crippen LogP contribution >= 0.6 is 11.8 Å². The lowest BCUT2D eigenvalue weighted by molar-refractivity contribution is -0.116. The first-order chi connectivity index (χ1) is 11.7. The standard InChI is InChI=1S/C17H20FN3O2S/c18-15-8-12(9-19-21-17-20-16(22)11-24-17)6-7-13(15)10-23-14-4-2-1-3-5-14/h6-9,14H,1-5,10-11H2,(H,20,21,22). The van der Waals surface area contributed by atoms with Gasteiger partial charge in [-0.15, -0.1) is 5.10 Å². The van der Waals surface area contributed by atoms with E-state index in [9.17, 15) is 9.18 Å². The molecule has 1 aromatic carbocycles. The van der Waals surface area contributed by atoms with Gasteiger partial charge in [0.2, 0.25) is 5.91 Å². The summed E-state index contributed by atoms with van der Waals surface area (Å²) in [6.45, 7) is 0.304. The van der Waals surface area contributed by atoms with Gasteiger partial charge in [-0.2, -0.15) is 5.10 Å². The van der Waals surface area contributed by atoms with Gasteiger partial charge in [-0.1, -0.05) is 43.2 Å². The van der Waals surface area contributed by atoms with Crippen molar-refractivity contribution >= 4 is 29.1 Å². The second-order valence-corrected chi connectivity index (χ2v) is 6.87. The number of thioether (sulfide) groups is 1. The molecule has 0 atom stereocenters. The van der Waals surface area contributed by atoms with Gasteiger partial charge < -0.3 is 10.1 Å². The Morgan fingerprint density at radius 3 is 2.88 bits per heavy atom. The number of amidine groups is 1. The summed E-state index contributed by atoms with van der Waals surface area (Å²) in [5.74, 6) is -0.0214. The van der Waals surface area contributed by atoms with Gasteiger partial charge in [0.25, 0.3) is 0 Å². The summed E-state index contributed by atoms with van der Waals surface area (Å²) in [6, 6.07) is 4.93. The van der Waals surface area contributed by atoms with Crippen molar-refractivity contribution in [2.24, 2.45) is 10.2 Å². The number of benzene rings is 1. The third kappa shape index (κ3) is 4.88. The Bertz CT molecular complexity index is 657. The summed E-state index contributed by atoms with van der Waals surface area (Å²) in [4.78, 5) is 11.0. The molecule has 0 aromatic heterocycles. The largest absolute Gasteiger partial charge is 0.373 e. The van der Waals surface area contributed by atoms with Crippen LogP contribution in [0.15, 0.2) is 28.4 Å². The molecule has 0 unspecified atom stereocenters. The van der Waals surface area contributed by atoms with Crippen molar-refractivity contribution < 1.29 is 13.9 Å². The van der Waals surface area contributed by atoms with Gasteiger partial charge in [-0.05, 0) is 24.5 Å². The van der Waals surface area contributed by atoms with Crippen molar-refractivity contribution in [1.82, 2.24) is 5.32 Å². The third-order valence-corrected chi connectivity index (χ3v) is 4.91. The molecule has 0 spiro atoms. The van der Waals surface area contributed by atoms with Crippen molar-refractivity contribution in [1.29, 1.82) is 0 Å². The molecule has 0 bridgehead atoms. The van der Waals surface area contributed by atoms with E-state index in [1.807, 2.05) is 0 Å². The molecule has 3 rings (SSSR count). The summed E-state index contributed by atoms with van der Waals surface area (Å²) < 4.78 is 20.0. The zero-order valence-electron chi connectivity index (χ0n) is 13.3. The van der Waals surface area contributed by atoms with E-state index in [1.54, 1.807) is 12.1 Å². The van der Waals surface area contributed by atoms with E-state index in [1.165, 1.54) is 43.3 Å². The van der Waals surface area contributed by atoms with Crippen LogP contribution in [0.4, 0.5) is 4.39 Å². The summed E-state index contributed by atoms with van der Waals surface area (Å²) in [6.07, 6.45) is 7.53. The van der Waals surface area contributed by atoms with Gasteiger partial charge in [0.15, 0.2) is 5.17 Å². The second kappa shape index (κ2) is 8.39. The maximum absolute atomic E-state index is 14.1. The lowest BCUT2D eigenvalue weighted by atomic mass is 9.98. The molecule has 24 heavy (non-hydrogen) atoms. The van der Waals surface area contributed by atoms with Gasteiger partial charge in [0.1, 0.15) is 5.82 Å². The van der Waals surface area contributed by atoms with Crippen molar-refractivity contribution in [2.45, 2.75) is 44.8 Å². The summed E-state index contributed by atoms with van der Waals surface area (Å²) >= 11 is 1.30. The Labute approximate surface area is 144 Å². The molecule has 7 heteroatoms. The molecular formula is C17H20FN3O2S. The highest BCUT2D eigenvalue weighted by molar-refractivity contribution is 8.15. The van der Waals surface area contributed by atoms with E-state index in [-0.39, 0.29) is 17.8 Å². The van der Waals surface area contributed by atoms with E-state index in [0.29, 0.717) is 28.7 Å². The second-order valence-electron chi connectivity index (χ2n) is 5.91. The van der Waals surface area contributed by atoms with Gasteiger partial charge >= 0.3 is 0 Å². The van der Waals surface area contributed by atoms with Crippen LogP contribution in [-0.4, -0.2) is 29.1 Å². The Balaban J connectivity index is 1.54. The number of nitrogens with zero attached hydrogens (tertiary/aromatic N) is 2. The number of rotatable bonds is 5. The van der Waals surface area contributed by atoms with Gasteiger partial charge in [0.05, 0.1) is 24.7 Å². The highest BCUT2D eigenvalue weighted by Crippen LogP contribution is 2.22. The van der Waals surface area contributed by atoms with E-state index in [0.717, 1.165) is 12.8 Å². The first-order valence-corrected chi connectivity index (χ1v) is 9.13. The van der Waals surface area contributed by atoms with E-state index in [4.69, 9.17) is 4.74 Å². The molecule has 128 valence electrons. The van der Waals surface area contributed by atoms with E-state index >= 15 is 0 Å². The van der Waals surface area contributed by atoms with Crippen LogP contribution in [-0.2, 0) is 16.1 Å². The van der Waals surface area contributed by atoms with Crippen LogP contribution in [0.3, 0.4) is 0 Å². The first-order valence-electron chi connectivity index (χ1n) is 8.14. The number of ether oxygens (including phenoxy) is 1. The van der Waals surface area contributed by atoms with Gasteiger partial charge in [-0.3, -0.25) is 4.79 Å². The minimum absolute atomic E-state index is 0.0812. The van der Waals surface area contributed by atoms with Crippen LogP contribution in [0.1, 0.15) is 43.2 Å². The highest BCUT2D eigenvalue weighted by Gasteiger charge is 2.16. The Hall–Kier alpha value is -1.73. The fourth-order valence-corrected chi connectivity index (χ4v) is 3.36. The van der Waals surface area contributed by atoms with E-state index < -0.39 is 0 Å². The minimum Gasteiger partial charge on any atom is -0.373 e. The Kier molecular flexibility index (Phi) is 5.98. The number of hydrogen-bond acceptors (Lipinski definition) is 5. The molecule has 1 amide bonds. The summed E-state index contributed by atoms with van der Waals surface area (Å²) in [5.41, 5.74) is 1.18. The van der Waals surface area contributed by atoms with Crippen molar-refractivity contribution in [2.75, 3.05) is 5.75 Å². The maximum atomic E-state index is 14.1. The lowest BCUT2D eigenvalue weighted by Crippen LogP contribution is -2.19. The maximum Gasteiger partial charge on any atom is 0.236 e. The molecule has 1 saturated heterocycles. The molecular weight excluding hydrogens is 329 g/mol. The summed E-state index contributed by atoms with van der Waals surface area (Å²) in [7, 11) is 0. The number of carbonyl (C=O) groups excluding carboxylic acids is 1. The van der Waals surface area contributed by atoms with Gasteiger partial charge in [0, 0.05) is 5.56 Å². The van der Waals surface area contributed by atoms with Crippen LogP contribution in [0, 0.1) is 5.82 Å². The fraction of sp³-hybridized carbons (Fsp3) is 0.471. The molecule has 5 nitrogen and oxygen atoms in total. The molecule has 0 radical (unpaired) electrons. The number of nitrogens with one attached hydrogen (secondary N) is 1. The van der Waals surface area contributed by atoms with Crippen molar-refractivity contribution in [3.8, 4) is 0 Å². The predicted molar refractivity (Wildman–Crippen MR) is 93.7 cm³/mol. The average Bonchev–Trinajstić information content (AvgIpc) is 3.00. The Morgan fingerprint density at radius 2 is 2.17 bits per heavy atom. The smallest absolute Gasteiger partial charge is 0.236 e. The average molecular weight is 349 g/mol. The molecule has 2 aliphatic rings. The lowest BCUT2D eigenvalue weighted by Gasteiger charge is -2.22. The first kappa shape index (κ1) is 17.1. The number of hydrogen-bond donors (Lipinski definition) is 1. The van der Waals surface area contributed by atoms with E-state index in [2.05, 4.69) is 15.5 Å². The molecule has 1 heterocycles. The minimum atomic E-state index is -0.300. The fourth-order valence-electron chi connectivity index (χ4n) is 2.73. The number of carbonyl (C=O) groups is 1. The zero-order valence-corrected chi connectivity index (χ0v) is 14.2. The molecule has 2 fully saturated rings. The molecule has 1 aromatic rings. The topological polar surface area (TPSA) is 63.0 Å². The van der Waals surface area contributed by atoms with Crippen LogP contribution in [0.25, 0.3) is 0 Å². The SMILES string of the molecule is O=C1CSC(=NN=Cc2ccc(COC3CCCCC3)c(F)c2)N1. The predicted octanol–water partition coefficient (Wildman–Crippen LogP) is 3.23. The number of amides is 1. The van der Waals surface area contributed by atoms with Crippen LogP contribution in [0.5, 0.6) is 0 Å². The molecule has 1 aliphatic heterocycles. The van der Waals surface area contributed by atoms with Crippen LogP contribution < -0.4 is 5.32 Å². The normalized spacial score (nSPS) is 20.9. The molecule has 1 saturated carbocycles. The monoisotopic (exact) mass is 349 g/mol. The Morgan fingerprint density at radius 1 is 1.33 bits per heavy atom. The van der Waals surface area contributed by atoms with Crippen LogP contribution in [0.2, 0.25) is 0 Å². The molecule has 1 N–H and O–H groups in total. The van der Waals surface area contributed by atoms with Crippen molar-refractivity contribution in [3.63, 3.8) is 0 Å². The third-order valence-electron chi connectivity index (χ3n) is 4.05. The quantitative estimate of drug-likeness (QED) is 0.656. The van der Waals surface area contributed by atoms with Crippen molar-refractivity contribution in [3.05, 3.63) is 35.1 Å². The number of halogens is 1. The molecule has 1 aliphatic carbocycles. The highest BCUT2D eigenvalue weighted by atomic mass is 32.2.